The molecule has 0 bridgehead atoms. The maximum atomic E-state index is 12.5. The number of rotatable bonds is 2. The van der Waals surface area contributed by atoms with Crippen LogP contribution in [-0.4, -0.2) is 15.8 Å². The number of nitrogens with zero attached hydrogens (tertiary/aromatic N) is 2. The van der Waals surface area contributed by atoms with Crippen LogP contribution in [0, 0.1) is 6.92 Å². The van der Waals surface area contributed by atoms with Gasteiger partial charge in [-0.1, -0.05) is 28.1 Å². The van der Waals surface area contributed by atoms with Crippen molar-refractivity contribution in [2.45, 2.75) is 6.92 Å². The lowest BCUT2D eigenvalue weighted by Crippen LogP contribution is -2.08. The van der Waals surface area contributed by atoms with Crippen molar-refractivity contribution in [3.63, 3.8) is 0 Å². The molecule has 0 aliphatic carbocycles. The number of para-hydroxylation sites is 2. The van der Waals surface area contributed by atoms with Crippen LogP contribution >= 0.6 is 15.9 Å². The molecule has 0 saturated carbocycles. The topological polar surface area (TPSA) is 42.9 Å². The Morgan fingerprint density at radius 3 is 2.20 bits per heavy atom. The van der Waals surface area contributed by atoms with Crippen LogP contribution in [0.4, 0.5) is 0 Å². The second kappa shape index (κ2) is 5.13. The first-order chi connectivity index (χ1) is 9.65. The summed E-state index contributed by atoms with van der Waals surface area (Å²) >= 11 is 3.36. The van der Waals surface area contributed by atoms with Crippen molar-refractivity contribution >= 4 is 32.7 Å². The largest absolute Gasteiger partial charge is 0.287 e. The molecule has 0 saturated heterocycles. The van der Waals surface area contributed by atoms with Gasteiger partial charge in [0.25, 0.3) is 0 Å². The van der Waals surface area contributed by atoms with Gasteiger partial charge in [0.05, 0.1) is 16.7 Å². The normalized spacial score (nSPS) is 10.7. The van der Waals surface area contributed by atoms with Gasteiger partial charge < -0.3 is 0 Å². The smallest absolute Gasteiger partial charge is 0.213 e. The van der Waals surface area contributed by atoms with Gasteiger partial charge in [-0.15, -0.1) is 0 Å². The van der Waals surface area contributed by atoms with Crippen LogP contribution < -0.4 is 0 Å². The number of aromatic nitrogens is 2. The highest BCUT2D eigenvalue weighted by atomic mass is 79.9. The number of carbonyl (C=O) groups is 1. The van der Waals surface area contributed by atoms with Gasteiger partial charge in [0.1, 0.15) is 5.69 Å². The van der Waals surface area contributed by atoms with Gasteiger partial charge in [0, 0.05) is 10.0 Å². The minimum atomic E-state index is -0.103. The fourth-order valence-corrected chi connectivity index (χ4v) is 2.31. The van der Waals surface area contributed by atoms with Gasteiger partial charge in [0.2, 0.25) is 5.78 Å². The molecule has 1 aromatic heterocycles. The molecule has 20 heavy (non-hydrogen) atoms. The van der Waals surface area contributed by atoms with Crippen LogP contribution in [0.15, 0.2) is 53.0 Å². The summed E-state index contributed by atoms with van der Waals surface area (Å²) in [6, 6.07) is 14.8. The van der Waals surface area contributed by atoms with Gasteiger partial charge in [-0.25, -0.2) is 9.97 Å². The molecule has 0 fully saturated rings. The van der Waals surface area contributed by atoms with Crippen molar-refractivity contribution in [1.82, 2.24) is 9.97 Å². The summed E-state index contributed by atoms with van der Waals surface area (Å²) in [4.78, 5) is 21.4. The van der Waals surface area contributed by atoms with Crippen LogP contribution in [0.3, 0.4) is 0 Å². The number of benzene rings is 2. The summed E-state index contributed by atoms with van der Waals surface area (Å²) in [6.07, 6.45) is 0. The van der Waals surface area contributed by atoms with Crippen molar-refractivity contribution in [2.24, 2.45) is 0 Å². The lowest BCUT2D eigenvalue weighted by molar-refractivity contribution is 0.103. The molecule has 3 nitrogen and oxygen atoms in total. The Labute approximate surface area is 124 Å². The minimum Gasteiger partial charge on any atom is -0.287 e. The van der Waals surface area contributed by atoms with E-state index in [-0.39, 0.29) is 5.78 Å². The molecule has 0 amide bonds. The average molecular weight is 327 g/mol. The van der Waals surface area contributed by atoms with Crippen molar-refractivity contribution in [1.29, 1.82) is 0 Å². The average Bonchev–Trinajstić information content (AvgIpc) is 2.46. The Bertz CT molecular complexity index is 797. The van der Waals surface area contributed by atoms with Crippen LogP contribution in [0.25, 0.3) is 11.0 Å². The first-order valence-electron chi connectivity index (χ1n) is 6.19. The molecule has 0 atom stereocenters. The Kier molecular flexibility index (Phi) is 3.32. The Hall–Kier alpha value is -2.07. The summed E-state index contributed by atoms with van der Waals surface area (Å²) in [6.45, 7) is 1.81. The van der Waals surface area contributed by atoms with Gasteiger partial charge in [0.15, 0.2) is 0 Å². The van der Waals surface area contributed by atoms with E-state index >= 15 is 0 Å². The molecular formula is C16H11BrN2O. The third kappa shape index (κ3) is 2.34. The molecule has 3 rings (SSSR count). The number of halogens is 1. The van der Waals surface area contributed by atoms with Crippen LogP contribution in [0.2, 0.25) is 0 Å². The predicted octanol–water partition coefficient (Wildman–Crippen LogP) is 3.93. The molecule has 4 heteroatoms. The van der Waals surface area contributed by atoms with Crippen LogP contribution in [0.1, 0.15) is 21.7 Å². The zero-order valence-electron chi connectivity index (χ0n) is 10.8. The third-order valence-electron chi connectivity index (χ3n) is 3.07. The first-order valence-corrected chi connectivity index (χ1v) is 6.98. The maximum absolute atomic E-state index is 12.5. The zero-order chi connectivity index (χ0) is 14.1. The SMILES string of the molecule is Cc1nc2ccccc2nc1C(=O)c1ccc(Br)cc1. The van der Waals surface area contributed by atoms with E-state index in [2.05, 4.69) is 25.9 Å². The fourth-order valence-electron chi connectivity index (χ4n) is 2.04. The van der Waals surface area contributed by atoms with E-state index in [9.17, 15) is 4.79 Å². The summed E-state index contributed by atoms with van der Waals surface area (Å²) in [5.41, 5.74) is 3.21. The second-order valence-corrected chi connectivity index (χ2v) is 5.40. The van der Waals surface area contributed by atoms with E-state index < -0.39 is 0 Å². The molecule has 0 radical (unpaired) electrons. The number of aryl methyl sites for hydroxylation is 1. The van der Waals surface area contributed by atoms with Crippen LogP contribution in [0.5, 0.6) is 0 Å². The fraction of sp³-hybridized carbons (Fsp3) is 0.0625. The monoisotopic (exact) mass is 326 g/mol. The summed E-state index contributed by atoms with van der Waals surface area (Å²) in [5, 5.41) is 0. The quantitative estimate of drug-likeness (QED) is 0.670. The van der Waals surface area contributed by atoms with Gasteiger partial charge in [-0.2, -0.15) is 0 Å². The third-order valence-corrected chi connectivity index (χ3v) is 3.60. The molecule has 1 heterocycles. The summed E-state index contributed by atoms with van der Waals surface area (Å²) < 4.78 is 0.940. The summed E-state index contributed by atoms with van der Waals surface area (Å²) in [5.74, 6) is -0.103. The number of carbonyl (C=O) groups excluding carboxylic acids is 1. The number of ketones is 1. The van der Waals surface area contributed by atoms with Gasteiger partial charge >= 0.3 is 0 Å². The highest BCUT2D eigenvalue weighted by molar-refractivity contribution is 9.10. The Balaban J connectivity index is 2.11. The molecule has 2 aromatic carbocycles. The van der Waals surface area contributed by atoms with E-state index in [1.165, 1.54) is 0 Å². The zero-order valence-corrected chi connectivity index (χ0v) is 12.4. The lowest BCUT2D eigenvalue weighted by atomic mass is 10.1. The molecule has 98 valence electrons. The van der Waals surface area contributed by atoms with E-state index in [0.717, 1.165) is 15.5 Å². The predicted molar refractivity (Wildman–Crippen MR) is 81.8 cm³/mol. The van der Waals surface area contributed by atoms with Crippen molar-refractivity contribution in [2.75, 3.05) is 0 Å². The number of hydrogen-bond donors (Lipinski definition) is 0. The van der Waals surface area contributed by atoms with E-state index in [4.69, 9.17) is 0 Å². The van der Waals surface area contributed by atoms with E-state index in [1.807, 2.05) is 43.3 Å². The van der Waals surface area contributed by atoms with Crippen molar-refractivity contribution < 1.29 is 4.79 Å². The number of hydrogen-bond acceptors (Lipinski definition) is 3. The van der Waals surface area contributed by atoms with E-state index in [1.54, 1.807) is 12.1 Å². The second-order valence-electron chi connectivity index (χ2n) is 4.48. The molecule has 0 spiro atoms. The molecule has 0 aliphatic heterocycles. The molecule has 0 unspecified atom stereocenters. The Morgan fingerprint density at radius 1 is 0.950 bits per heavy atom. The highest BCUT2D eigenvalue weighted by Gasteiger charge is 2.15. The first kappa shape index (κ1) is 12.9. The minimum absolute atomic E-state index is 0.103. The van der Waals surface area contributed by atoms with Crippen molar-refractivity contribution in [3.05, 3.63) is 70.0 Å². The molecule has 0 N–H and O–H groups in total. The maximum Gasteiger partial charge on any atom is 0.213 e. The standard InChI is InChI=1S/C16H11BrN2O/c1-10-15(16(20)11-6-8-12(17)9-7-11)19-14-5-3-2-4-13(14)18-10/h2-9H,1H3. The van der Waals surface area contributed by atoms with E-state index in [0.29, 0.717) is 17.0 Å². The highest BCUT2D eigenvalue weighted by Crippen LogP contribution is 2.17. The van der Waals surface area contributed by atoms with Gasteiger partial charge in [-0.05, 0) is 43.3 Å². The van der Waals surface area contributed by atoms with Crippen LogP contribution in [-0.2, 0) is 0 Å². The molecule has 3 aromatic rings. The summed E-state index contributed by atoms with van der Waals surface area (Å²) in [7, 11) is 0. The number of fused-ring (bicyclic) bond motifs is 1. The Morgan fingerprint density at radius 2 is 1.55 bits per heavy atom. The molecule has 0 aliphatic rings. The molecular weight excluding hydrogens is 316 g/mol. The lowest BCUT2D eigenvalue weighted by Gasteiger charge is -2.06. The van der Waals surface area contributed by atoms with Crippen molar-refractivity contribution in [3.8, 4) is 0 Å². The van der Waals surface area contributed by atoms with Gasteiger partial charge in [-0.3, -0.25) is 4.79 Å².